The summed E-state index contributed by atoms with van der Waals surface area (Å²) < 4.78 is 9.55. The summed E-state index contributed by atoms with van der Waals surface area (Å²) in [7, 11) is 7.57. The van der Waals surface area contributed by atoms with Crippen LogP contribution in [-0.2, 0) is 13.6 Å². The number of nitrogens with zero attached hydrogens (tertiary/aromatic N) is 5. The molecule has 1 aromatic carbocycles. The van der Waals surface area contributed by atoms with Gasteiger partial charge in [-0.2, -0.15) is 0 Å². The van der Waals surface area contributed by atoms with Crippen molar-refractivity contribution in [3.63, 3.8) is 0 Å². The number of rotatable bonds is 6. The van der Waals surface area contributed by atoms with E-state index >= 15 is 0 Å². The molecule has 0 fully saturated rings. The van der Waals surface area contributed by atoms with E-state index in [1.165, 1.54) is 0 Å². The van der Waals surface area contributed by atoms with Crippen LogP contribution in [0.5, 0.6) is 5.75 Å². The van der Waals surface area contributed by atoms with Crippen LogP contribution in [0.2, 0.25) is 0 Å². The number of hydrogen-bond donors (Lipinski definition) is 2. The van der Waals surface area contributed by atoms with Gasteiger partial charge in [-0.3, -0.25) is 4.68 Å². The summed E-state index contributed by atoms with van der Waals surface area (Å²) >= 11 is 0. The van der Waals surface area contributed by atoms with Crippen molar-refractivity contribution in [1.82, 2.24) is 29.2 Å². The van der Waals surface area contributed by atoms with E-state index in [0.29, 0.717) is 18.7 Å². The first kappa shape index (κ1) is 19.6. The highest BCUT2D eigenvalue weighted by Crippen LogP contribution is 2.35. The van der Waals surface area contributed by atoms with E-state index in [9.17, 15) is 5.11 Å². The zero-order chi connectivity index (χ0) is 21.7. The fraction of sp³-hybridized carbons (Fsp3) is 0.304. The molecule has 0 radical (unpaired) electrons. The normalized spacial score (nSPS) is 13.1. The number of pyridine rings is 1. The van der Waals surface area contributed by atoms with Gasteiger partial charge in [-0.05, 0) is 38.4 Å². The minimum Gasteiger partial charge on any atom is -0.497 e. The minimum atomic E-state index is -0.479. The van der Waals surface area contributed by atoms with E-state index in [2.05, 4.69) is 26.9 Å². The van der Waals surface area contributed by atoms with Gasteiger partial charge >= 0.3 is 0 Å². The lowest BCUT2D eigenvalue weighted by Crippen LogP contribution is -2.29. The molecule has 0 saturated heterocycles. The zero-order valence-electron chi connectivity index (χ0n) is 18.1. The van der Waals surface area contributed by atoms with Crippen LogP contribution >= 0.6 is 0 Å². The number of aryl methyl sites for hydroxylation is 1. The monoisotopic (exact) mass is 418 g/mol. The number of aromatic nitrogens is 5. The van der Waals surface area contributed by atoms with Gasteiger partial charge in [0.1, 0.15) is 5.75 Å². The summed E-state index contributed by atoms with van der Waals surface area (Å²) in [6.45, 7) is 1.09. The Morgan fingerprint density at radius 1 is 1.23 bits per heavy atom. The number of H-pyrrole nitrogens is 1. The Balaban J connectivity index is 1.68. The van der Waals surface area contributed by atoms with Crippen molar-refractivity contribution in [3.8, 4) is 17.0 Å². The molecule has 5 aromatic rings. The van der Waals surface area contributed by atoms with E-state index in [-0.39, 0.29) is 0 Å². The number of ether oxygens (including phenoxy) is 1. The molecule has 8 heteroatoms. The molecule has 160 valence electrons. The maximum atomic E-state index is 10.5. The Morgan fingerprint density at radius 2 is 2.06 bits per heavy atom. The Kier molecular flexibility index (Phi) is 4.68. The van der Waals surface area contributed by atoms with Crippen LogP contribution in [0.15, 0.2) is 42.9 Å². The van der Waals surface area contributed by atoms with Gasteiger partial charge in [0, 0.05) is 66.0 Å². The predicted octanol–water partition coefficient (Wildman–Crippen LogP) is 3.00. The van der Waals surface area contributed by atoms with Crippen molar-refractivity contribution in [2.24, 2.45) is 7.05 Å². The molecule has 1 unspecified atom stereocenters. The molecule has 31 heavy (non-hydrogen) atoms. The molecular formula is C23H26N6O2. The Labute approximate surface area is 179 Å². The second-order valence-electron chi connectivity index (χ2n) is 8.27. The average molecular weight is 419 g/mol. The number of nitrogens with one attached hydrogen (secondary N) is 1. The van der Waals surface area contributed by atoms with Gasteiger partial charge in [-0.15, -0.1) is 0 Å². The molecule has 4 aromatic heterocycles. The molecule has 0 aliphatic carbocycles. The SMILES string of the molecule is COc1ccc2c(c1)c(-c1cc3c(ncc4c[nH]n(C)c43)n1)cn2CC(O)CN(C)C. The zero-order valence-corrected chi connectivity index (χ0v) is 18.1. The maximum Gasteiger partial charge on any atom is 0.162 e. The number of likely N-dealkylation sites (N-methyl/N-ethyl adjacent to an activating group) is 1. The van der Waals surface area contributed by atoms with Gasteiger partial charge in [0.25, 0.3) is 0 Å². The van der Waals surface area contributed by atoms with Crippen molar-refractivity contribution >= 4 is 32.8 Å². The topological polar surface area (TPSA) is 84.1 Å². The van der Waals surface area contributed by atoms with Crippen molar-refractivity contribution in [1.29, 1.82) is 0 Å². The summed E-state index contributed by atoms with van der Waals surface area (Å²) in [5, 5.41) is 16.8. The lowest BCUT2D eigenvalue weighted by molar-refractivity contribution is 0.121. The van der Waals surface area contributed by atoms with Crippen molar-refractivity contribution in [3.05, 3.63) is 42.9 Å². The van der Waals surface area contributed by atoms with Gasteiger partial charge in [0.05, 0.1) is 24.4 Å². The molecule has 5 rings (SSSR count). The number of methoxy groups -OCH3 is 1. The smallest absolute Gasteiger partial charge is 0.162 e. The molecule has 0 aliphatic rings. The van der Waals surface area contributed by atoms with Crippen LogP contribution < -0.4 is 4.74 Å². The van der Waals surface area contributed by atoms with Crippen LogP contribution in [0.3, 0.4) is 0 Å². The largest absolute Gasteiger partial charge is 0.497 e. The van der Waals surface area contributed by atoms with Gasteiger partial charge in [-0.1, -0.05) is 0 Å². The summed E-state index contributed by atoms with van der Waals surface area (Å²) in [6, 6.07) is 8.09. The van der Waals surface area contributed by atoms with Crippen molar-refractivity contribution < 1.29 is 9.84 Å². The number of fused-ring (bicyclic) bond motifs is 4. The molecular weight excluding hydrogens is 392 g/mol. The molecule has 1 atom stereocenters. The standard InChI is InChI=1S/C23H26N6O2/c1-27(2)11-15(30)12-29-13-19(17-7-16(31-4)5-6-21(17)29)20-8-18-22-14(10-25-28(22)3)9-24-23(18)26-20/h5-10,13,15,25,30H,11-12H2,1-4H3. The quantitative estimate of drug-likeness (QED) is 0.443. The van der Waals surface area contributed by atoms with E-state index in [0.717, 1.165) is 44.2 Å². The molecule has 0 amide bonds. The summed E-state index contributed by atoms with van der Waals surface area (Å²) in [5.74, 6) is 0.786. The lowest BCUT2D eigenvalue weighted by atomic mass is 10.1. The van der Waals surface area contributed by atoms with Crippen LogP contribution in [0.4, 0.5) is 0 Å². The Morgan fingerprint density at radius 3 is 2.84 bits per heavy atom. The van der Waals surface area contributed by atoms with Crippen LogP contribution in [0.1, 0.15) is 0 Å². The molecule has 0 spiro atoms. The van der Waals surface area contributed by atoms with Crippen LogP contribution in [0, 0.1) is 0 Å². The number of benzene rings is 1. The Bertz CT molecular complexity index is 1390. The van der Waals surface area contributed by atoms with Crippen molar-refractivity contribution in [2.45, 2.75) is 12.6 Å². The summed E-state index contributed by atoms with van der Waals surface area (Å²) in [6.07, 6.45) is 5.37. The lowest BCUT2D eigenvalue weighted by Gasteiger charge is -2.17. The van der Waals surface area contributed by atoms with Gasteiger partial charge in [-0.25, -0.2) is 9.97 Å². The molecule has 0 saturated carbocycles. The fourth-order valence-electron chi connectivity index (χ4n) is 4.34. The minimum absolute atomic E-state index is 0.479. The number of aromatic amines is 1. The van der Waals surface area contributed by atoms with Crippen molar-refractivity contribution in [2.75, 3.05) is 27.7 Å². The Hall–Kier alpha value is -3.36. The first-order chi connectivity index (χ1) is 14.9. The van der Waals surface area contributed by atoms with E-state index in [1.54, 1.807) is 7.11 Å². The second kappa shape index (κ2) is 7.40. The molecule has 0 bridgehead atoms. The van der Waals surface area contributed by atoms with Gasteiger partial charge in [0.2, 0.25) is 0 Å². The number of aliphatic hydroxyl groups excluding tert-OH is 1. The summed E-state index contributed by atoms with van der Waals surface area (Å²) in [4.78, 5) is 11.4. The predicted molar refractivity (Wildman–Crippen MR) is 122 cm³/mol. The average Bonchev–Trinajstić information content (AvgIpc) is 3.42. The third-order valence-electron chi connectivity index (χ3n) is 5.70. The van der Waals surface area contributed by atoms with E-state index in [1.807, 2.05) is 61.3 Å². The van der Waals surface area contributed by atoms with E-state index in [4.69, 9.17) is 9.72 Å². The second-order valence-corrected chi connectivity index (χ2v) is 8.27. The molecule has 4 heterocycles. The highest BCUT2D eigenvalue weighted by atomic mass is 16.5. The first-order valence-electron chi connectivity index (χ1n) is 10.2. The number of aliphatic hydroxyl groups is 1. The highest BCUT2D eigenvalue weighted by molar-refractivity contribution is 6.06. The molecule has 0 aliphatic heterocycles. The van der Waals surface area contributed by atoms with Crippen LogP contribution in [0.25, 0.3) is 44.1 Å². The highest BCUT2D eigenvalue weighted by Gasteiger charge is 2.18. The van der Waals surface area contributed by atoms with Crippen LogP contribution in [-0.4, -0.2) is 68.2 Å². The van der Waals surface area contributed by atoms with Gasteiger partial charge in [0.15, 0.2) is 5.65 Å². The third kappa shape index (κ3) is 3.34. The van der Waals surface area contributed by atoms with E-state index < -0.39 is 6.10 Å². The summed E-state index contributed by atoms with van der Waals surface area (Å²) in [5.41, 5.74) is 4.68. The molecule has 8 nitrogen and oxygen atoms in total. The number of hydrogen-bond acceptors (Lipinski definition) is 5. The first-order valence-corrected chi connectivity index (χ1v) is 10.2. The fourth-order valence-corrected chi connectivity index (χ4v) is 4.34. The molecule has 2 N–H and O–H groups in total. The third-order valence-corrected chi connectivity index (χ3v) is 5.70. The van der Waals surface area contributed by atoms with Gasteiger partial charge < -0.3 is 24.4 Å². The maximum absolute atomic E-state index is 10.5.